The molecule has 0 rings (SSSR count). The number of carbonyl (C=O) groups is 2. The van der Waals surface area contributed by atoms with Gasteiger partial charge in [-0.25, -0.2) is 4.57 Å². The second-order valence-electron chi connectivity index (χ2n) is 23.7. The summed E-state index contributed by atoms with van der Waals surface area (Å²) in [7, 11) is -4.40. The molecule has 0 amide bonds. The highest BCUT2D eigenvalue weighted by molar-refractivity contribution is 7.47. The molecule has 0 aromatic rings. The monoisotopic (exact) mass is 1230 g/mol. The summed E-state index contributed by atoms with van der Waals surface area (Å²) in [5, 5.41) is 0. The van der Waals surface area contributed by atoms with Crippen molar-refractivity contribution in [2.75, 3.05) is 26.4 Å². The van der Waals surface area contributed by atoms with E-state index < -0.39 is 26.5 Å². The number of phosphoric acid groups is 1. The van der Waals surface area contributed by atoms with Gasteiger partial charge in [-0.3, -0.25) is 18.6 Å². The van der Waals surface area contributed by atoms with E-state index in [-0.39, 0.29) is 38.6 Å². The van der Waals surface area contributed by atoms with E-state index in [2.05, 4.69) is 135 Å². The molecule has 87 heavy (non-hydrogen) atoms. The Morgan fingerprint density at radius 2 is 0.632 bits per heavy atom. The normalized spacial score (nSPS) is 13.7. The molecule has 0 aromatic heterocycles. The van der Waals surface area contributed by atoms with Crippen LogP contribution in [0.25, 0.3) is 0 Å². The van der Waals surface area contributed by atoms with Gasteiger partial charge >= 0.3 is 19.8 Å². The summed E-state index contributed by atoms with van der Waals surface area (Å²) in [6.45, 7) is 3.64. The molecule has 0 saturated carbocycles. The van der Waals surface area contributed by atoms with Crippen LogP contribution in [0.5, 0.6) is 0 Å². The molecular weight excluding hydrogens is 1100 g/mol. The third-order valence-electron chi connectivity index (χ3n) is 15.3. The van der Waals surface area contributed by atoms with Crippen LogP contribution in [-0.2, 0) is 32.7 Å². The Bertz CT molecular complexity index is 1840. The molecule has 0 bridgehead atoms. The summed E-state index contributed by atoms with van der Waals surface area (Å²) in [6, 6.07) is 0. The maximum absolute atomic E-state index is 12.8. The number of esters is 2. The molecule has 0 spiro atoms. The molecule has 0 saturated heterocycles. The second kappa shape index (κ2) is 71.5. The van der Waals surface area contributed by atoms with Crippen LogP contribution < -0.4 is 5.73 Å². The minimum absolute atomic E-state index is 0.0488. The molecule has 0 aliphatic heterocycles. The van der Waals surface area contributed by atoms with Crippen molar-refractivity contribution in [3.63, 3.8) is 0 Å². The van der Waals surface area contributed by atoms with Crippen molar-refractivity contribution < 1.29 is 37.6 Å². The van der Waals surface area contributed by atoms with Gasteiger partial charge in [0, 0.05) is 19.4 Å². The third kappa shape index (κ3) is 71.4. The maximum Gasteiger partial charge on any atom is 0.472 e. The average Bonchev–Trinajstić information content (AvgIpc) is 3.64. The zero-order chi connectivity index (χ0) is 63.0. The quantitative estimate of drug-likeness (QED) is 0.0264. The smallest absolute Gasteiger partial charge is 0.462 e. The number of hydrogen-bond acceptors (Lipinski definition) is 8. The number of carbonyl (C=O) groups excluding carboxylic acids is 2. The summed E-state index contributed by atoms with van der Waals surface area (Å²) in [5.41, 5.74) is 5.40. The van der Waals surface area contributed by atoms with Crippen LogP contribution in [0, 0.1) is 0 Å². The van der Waals surface area contributed by atoms with Gasteiger partial charge in [0.1, 0.15) is 6.61 Å². The summed E-state index contributed by atoms with van der Waals surface area (Å²) < 4.78 is 33.2. The summed E-state index contributed by atoms with van der Waals surface area (Å²) >= 11 is 0. The highest BCUT2D eigenvalue weighted by Crippen LogP contribution is 2.43. The first-order valence-corrected chi connectivity index (χ1v) is 37.5. The minimum Gasteiger partial charge on any atom is -0.462 e. The Labute approximate surface area is 536 Å². The second-order valence-corrected chi connectivity index (χ2v) is 25.2. The van der Waals surface area contributed by atoms with E-state index in [0.717, 1.165) is 103 Å². The average molecular weight is 1230 g/mol. The van der Waals surface area contributed by atoms with Crippen LogP contribution in [0.3, 0.4) is 0 Å². The van der Waals surface area contributed by atoms with Crippen molar-refractivity contribution in [3.05, 3.63) is 122 Å². The topological polar surface area (TPSA) is 134 Å². The SMILES string of the molecule is CC/C=C\C/C=C\C/C=C\C/C=C\C/C=C\C/C=C\C/C=C\C/C=C\CCCCCCCCCCCCC(=O)OC(COC(=O)CCCCCCCCCCCCCCCCCCCCC/C=C\C/C=C\CCCCCCC)COP(=O)(O)OCCN. The van der Waals surface area contributed by atoms with E-state index in [1.165, 1.54) is 186 Å². The first kappa shape index (κ1) is 83.4. The Kier molecular flexibility index (Phi) is 68.5. The van der Waals surface area contributed by atoms with Crippen LogP contribution in [0.15, 0.2) is 122 Å². The van der Waals surface area contributed by atoms with Gasteiger partial charge in [-0.1, -0.05) is 322 Å². The first-order valence-electron chi connectivity index (χ1n) is 36.0. The van der Waals surface area contributed by atoms with Crippen LogP contribution >= 0.6 is 7.82 Å². The standard InChI is InChI=1S/C77H134NO8P/c1-3-5-7-9-11-13-15-17-19-21-23-25-27-29-31-33-35-36-37-38-40-42-44-46-48-50-52-54-56-58-60-62-64-66-68-70-77(80)86-75(74-85-87(81,82)84-72-71-78)73-83-76(79)69-67-65-63-61-59-57-55-53-51-49-47-45-43-41-39-34-32-30-28-26-24-22-20-18-16-14-12-10-8-6-4-2/h5,7,11,13,16-19,22-25,29,31,35-36,38,40,44,46,75H,3-4,6,8-10,12,14-15,20-21,26-28,30,32-34,37,39,41-43,45,47-74,78H2,1-2H3,(H,81,82)/b7-5-,13-11-,18-16-,19-17-,24-22-,25-23-,31-29-,36-35-,40-38-,46-44-. The minimum atomic E-state index is -4.40. The largest absolute Gasteiger partial charge is 0.472 e. The molecule has 2 unspecified atom stereocenters. The number of rotatable bonds is 67. The van der Waals surface area contributed by atoms with Gasteiger partial charge in [0.15, 0.2) is 6.10 Å². The number of nitrogens with two attached hydrogens (primary N) is 1. The number of hydrogen-bond donors (Lipinski definition) is 2. The Morgan fingerprint density at radius 1 is 0.356 bits per heavy atom. The lowest BCUT2D eigenvalue weighted by Crippen LogP contribution is -2.29. The van der Waals surface area contributed by atoms with E-state index in [1.54, 1.807) is 0 Å². The lowest BCUT2D eigenvalue weighted by atomic mass is 10.0. The van der Waals surface area contributed by atoms with Crippen LogP contribution in [-0.4, -0.2) is 49.3 Å². The molecule has 0 fully saturated rings. The molecule has 10 heteroatoms. The van der Waals surface area contributed by atoms with Crippen molar-refractivity contribution in [2.24, 2.45) is 5.73 Å². The Hall–Kier alpha value is -3.59. The molecule has 0 aromatic carbocycles. The Morgan fingerprint density at radius 3 is 0.943 bits per heavy atom. The van der Waals surface area contributed by atoms with Crippen LogP contribution in [0.4, 0.5) is 0 Å². The number of phosphoric ester groups is 1. The maximum atomic E-state index is 12.8. The molecule has 2 atom stereocenters. The fourth-order valence-corrected chi connectivity index (χ4v) is 10.8. The van der Waals surface area contributed by atoms with Crippen LogP contribution in [0.1, 0.15) is 322 Å². The molecule has 0 radical (unpaired) electrons. The Balaban J connectivity index is 3.90. The predicted molar refractivity (Wildman–Crippen MR) is 376 cm³/mol. The van der Waals surface area contributed by atoms with Crippen molar-refractivity contribution in [3.8, 4) is 0 Å². The summed E-state index contributed by atoms with van der Waals surface area (Å²) in [4.78, 5) is 35.4. The summed E-state index contributed by atoms with van der Waals surface area (Å²) in [6.07, 6.45) is 100. The van der Waals surface area contributed by atoms with E-state index in [9.17, 15) is 19.0 Å². The lowest BCUT2D eigenvalue weighted by Gasteiger charge is -2.19. The highest BCUT2D eigenvalue weighted by atomic mass is 31.2. The van der Waals surface area contributed by atoms with E-state index in [0.29, 0.717) is 6.42 Å². The predicted octanol–water partition coefficient (Wildman–Crippen LogP) is 23.9. The fraction of sp³-hybridized carbons (Fsp3) is 0.714. The van der Waals surface area contributed by atoms with Gasteiger partial charge in [0.05, 0.1) is 13.2 Å². The van der Waals surface area contributed by atoms with Gasteiger partial charge in [0.2, 0.25) is 0 Å². The zero-order valence-corrected chi connectivity index (χ0v) is 57.1. The molecule has 3 N–H and O–H groups in total. The number of allylic oxidation sites excluding steroid dienone is 20. The van der Waals surface area contributed by atoms with Crippen molar-refractivity contribution in [1.29, 1.82) is 0 Å². The van der Waals surface area contributed by atoms with E-state index in [4.69, 9.17) is 24.3 Å². The zero-order valence-electron chi connectivity index (χ0n) is 56.2. The van der Waals surface area contributed by atoms with Gasteiger partial charge in [-0.2, -0.15) is 0 Å². The number of unbranched alkanes of at least 4 members (excludes halogenated alkanes) is 34. The molecule has 0 heterocycles. The fourth-order valence-electron chi connectivity index (χ4n) is 10.0. The number of ether oxygens (including phenoxy) is 2. The highest BCUT2D eigenvalue weighted by Gasteiger charge is 2.26. The van der Waals surface area contributed by atoms with Gasteiger partial charge in [-0.05, 0) is 109 Å². The molecule has 0 aliphatic rings. The van der Waals surface area contributed by atoms with Gasteiger partial charge < -0.3 is 20.1 Å². The molecule has 0 aliphatic carbocycles. The van der Waals surface area contributed by atoms with Crippen molar-refractivity contribution in [1.82, 2.24) is 0 Å². The van der Waals surface area contributed by atoms with Crippen molar-refractivity contribution >= 4 is 19.8 Å². The van der Waals surface area contributed by atoms with Crippen LogP contribution in [0.2, 0.25) is 0 Å². The summed E-state index contributed by atoms with van der Waals surface area (Å²) in [5.74, 6) is -0.827. The molecular formula is C77H134NO8P. The third-order valence-corrected chi connectivity index (χ3v) is 16.3. The van der Waals surface area contributed by atoms with Gasteiger partial charge in [0.25, 0.3) is 0 Å². The molecule has 9 nitrogen and oxygen atoms in total. The first-order chi connectivity index (χ1) is 42.8. The van der Waals surface area contributed by atoms with E-state index >= 15 is 0 Å². The van der Waals surface area contributed by atoms with E-state index in [1.807, 2.05) is 0 Å². The van der Waals surface area contributed by atoms with Gasteiger partial charge in [-0.15, -0.1) is 0 Å². The molecule has 500 valence electrons. The lowest BCUT2D eigenvalue weighted by molar-refractivity contribution is -0.161. The van der Waals surface area contributed by atoms with Crippen molar-refractivity contribution in [2.45, 2.75) is 328 Å².